The number of hydrogen-bond acceptors (Lipinski definition) is 2. The van der Waals surface area contributed by atoms with E-state index in [4.69, 9.17) is 4.74 Å². The number of benzene rings is 1. The molecule has 1 aromatic carbocycles. The van der Waals surface area contributed by atoms with Crippen molar-refractivity contribution < 1.29 is 9.53 Å². The summed E-state index contributed by atoms with van der Waals surface area (Å²) in [5.74, 6) is 1.16. The van der Waals surface area contributed by atoms with Crippen LogP contribution in [-0.2, 0) is 14.9 Å². The van der Waals surface area contributed by atoms with Crippen molar-refractivity contribution in [1.29, 1.82) is 0 Å². The molecule has 0 bridgehead atoms. The molecule has 88 valence electrons. The maximum absolute atomic E-state index is 12.1. The van der Waals surface area contributed by atoms with Crippen molar-refractivity contribution in [2.45, 2.75) is 24.7 Å². The third-order valence-electron chi connectivity index (χ3n) is 5.48. The second-order valence-electron chi connectivity index (χ2n) is 5.63. The molecule has 3 aliphatic rings. The quantitative estimate of drug-likeness (QED) is 0.727. The second-order valence-corrected chi connectivity index (χ2v) is 5.63. The lowest BCUT2D eigenvalue weighted by Crippen LogP contribution is -2.26. The Morgan fingerprint density at radius 2 is 1.88 bits per heavy atom. The Bertz CT molecular complexity index is 479. The van der Waals surface area contributed by atoms with Gasteiger partial charge in [0.05, 0.1) is 12.5 Å². The van der Waals surface area contributed by atoms with Gasteiger partial charge in [0.25, 0.3) is 0 Å². The molecule has 0 spiro atoms. The third kappa shape index (κ3) is 0.763. The van der Waals surface area contributed by atoms with Crippen LogP contribution in [-0.4, -0.2) is 13.1 Å². The van der Waals surface area contributed by atoms with Crippen LogP contribution in [0.1, 0.15) is 24.8 Å². The normalized spacial score (nSPS) is 44.8. The van der Waals surface area contributed by atoms with Gasteiger partial charge in [-0.25, -0.2) is 0 Å². The van der Waals surface area contributed by atoms with Gasteiger partial charge in [-0.05, 0) is 30.2 Å². The summed E-state index contributed by atoms with van der Waals surface area (Å²) in [6.07, 6.45) is 3.67. The van der Waals surface area contributed by atoms with Gasteiger partial charge in [-0.1, -0.05) is 36.8 Å². The molecule has 3 saturated carbocycles. The lowest BCUT2D eigenvalue weighted by molar-refractivity contribution is -0.146. The Labute approximate surface area is 101 Å². The molecule has 0 unspecified atom stereocenters. The van der Waals surface area contributed by atoms with Crippen LogP contribution in [0, 0.1) is 17.3 Å². The van der Waals surface area contributed by atoms with E-state index in [2.05, 4.69) is 24.3 Å². The minimum atomic E-state index is -0.124. The van der Waals surface area contributed by atoms with Crippen molar-refractivity contribution in [2.75, 3.05) is 7.11 Å². The van der Waals surface area contributed by atoms with Gasteiger partial charge in [0.15, 0.2) is 0 Å². The van der Waals surface area contributed by atoms with E-state index in [-0.39, 0.29) is 16.8 Å². The highest BCUT2D eigenvalue weighted by Crippen LogP contribution is 2.97. The molecule has 1 aromatic rings. The van der Waals surface area contributed by atoms with Crippen LogP contribution in [0.3, 0.4) is 0 Å². The molecule has 0 radical (unpaired) electrons. The first-order valence-corrected chi connectivity index (χ1v) is 6.45. The van der Waals surface area contributed by atoms with E-state index in [1.165, 1.54) is 31.9 Å². The van der Waals surface area contributed by atoms with Gasteiger partial charge in [-0.3, -0.25) is 4.79 Å². The summed E-state index contributed by atoms with van der Waals surface area (Å²) in [5, 5.41) is 0. The fourth-order valence-electron chi connectivity index (χ4n) is 5.01. The molecule has 4 rings (SSSR count). The van der Waals surface area contributed by atoms with Crippen molar-refractivity contribution in [3.63, 3.8) is 0 Å². The molecule has 0 N–H and O–H groups in total. The number of rotatable bonds is 2. The molecule has 3 fully saturated rings. The van der Waals surface area contributed by atoms with E-state index in [1.807, 2.05) is 6.07 Å². The molecule has 2 heteroatoms. The predicted octanol–water partition coefficient (Wildman–Crippen LogP) is 2.53. The summed E-state index contributed by atoms with van der Waals surface area (Å²) in [4.78, 5) is 12.1. The van der Waals surface area contributed by atoms with Crippen molar-refractivity contribution in [3.05, 3.63) is 35.9 Å². The van der Waals surface area contributed by atoms with Crippen molar-refractivity contribution in [1.82, 2.24) is 0 Å². The zero-order valence-corrected chi connectivity index (χ0v) is 9.98. The molecular formula is C15H16O2. The number of carbonyl (C=O) groups excluding carboxylic acids is 1. The summed E-state index contributed by atoms with van der Waals surface area (Å²) in [5.41, 5.74) is 1.40. The number of hydrogen-bond donors (Lipinski definition) is 0. The van der Waals surface area contributed by atoms with Crippen LogP contribution < -0.4 is 0 Å². The van der Waals surface area contributed by atoms with E-state index in [9.17, 15) is 4.79 Å². The van der Waals surface area contributed by atoms with Gasteiger partial charge in [-0.15, -0.1) is 0 Å². The monoisotopic (exact) mass is 228 g/mol. The average molecular weight is 228 g/mol. The molecule has 3 aliphatic carbocycles. The molecule has 0 heterocycles. The third-order valence-corrected chi connectivity index (χ3v) is 5.48. The SMILES string of the molecule is COC(=O)C12[C@H]3CCC[C@H]1C32c1ccccc1. The van der Waals surface area contributed by atoms with Crippen molar-refractivity contribution >= 4 is 5.97 Å². The standard InChI is InChI=1S/C15H16O2/c1-17-13(16)15-11-8-5-9-12(15)14(11,15)10-6-3-2-4-7-10/h2-4,6-7,11-12H,5,8-9H2,1H3/t11-,12-,14?,15?/m0/s1. The Balaban J connectivity index is 1.80. The van der Waals surface area contributed by atoms with Crippen LogP contribution in [0.5, 0.6) is 0 Å². The first kappa shape index (κ1) is 9.69. The Hall–Kier alpha value is -1.31. The summed E-state index contributed by atoms with van der Waals surface area (Å²) >= 11 is 0. The predicted molar refractivity (Wildman–Crippen MR) is 63.4 cm³/mol. The van der Waals surface area contributed by atoms with E-state index in [0.29, 0.717) is 11.8 Å². The van der Waals surface area contributed by atoms with Crippen LogP contribution in [0.2, 0.25) is 0 Å². The molecule has 0 amide bonds. The smallest absolute Gasteiger partial charge is 0.313 e. The zero-order valence-electron chi connectivity index (χ0n) is 9.98. The lowest BCUT2D eigenvalue weighted by atomic mass is 9.77. The summed E-state index contributed by atoms with van der Waals surface area (Å²) < 4.78 is 5.06. The average Bonchev–Trinajstić information content (AvgIpc) is 3.26. The first-order valence-electron chi connectivity index (χ1n) is 6.45. The van der Waals surface area contributed by atoms with Gasteiger partial charge in [-0.2, -0.15) is 0 Å². The molecule has 0 aliphatic heterocycles. The molecule has 0 aromatic heterocycles. The number of methoxy groups -OCH3 is 1. The number of fused-ring (bicyclic) bond motifs is 2. The highest BCUT2D eigenvalue weighted by atomic mass is 16.5. The maximum atomic E-state index is 12.1. The minimum absolute atomic E-state index is 0.0380. The van der Waals surface area contributed by atoms with Crippen molar-refractivity contribution in [3.8, 4) is 0 Å². The Kier molecular flexibility index (Phi) is 1.56. The number of carbonyl (C=O) groups is 1. The van der Waals surface area contributed by atoms with Crippen molar-refractivity contribution in [2.24, 2.45) is 17.3 Å². The number of ether oxygens (including phenoxy) is 1. The van der Waals surface area contributed by atoms with Gasteiger partial charge >= 0.3 is 5.97 Å². The summed E-state index contributed by atoms with van der Waals surface area (Å²) in [6.45, 7) is 0. The van der Waals surface area contributed by atoms with Gasteiger partial charge in [0, 0.05) is 5.41 Å². The highest BCUT2D eigenvalue weighted by Gasteiger charge is 3.01. The van der Waals surface area contributed by atoms with E-state index < -0.39 is 0 Å². The summed E-state index contributed by atoms with van der Waals surface area (Å²) in [6, 6.07) is 10.6. The van der Waals surface area contributed by atoms with E-state index >= 15 is 0 Å². The Morgan fingerprint density at radius 3 is 2.47 bits per heavy atom. The van der Waals surface area contributed by atoms with Crippen LogP contribution in [0.15, 0.2) is 30.3 Å². The second kappa shape index (κ2) is 2.74. The van der Waals surface area contributed by atoms with E-state index in [1.54, 1.807) is 0 Å². The molecule has 2 nitrogen and oxygen atoms in total. The Morgan fingerprint density at radius 1 is 1.24 bits per heavy atom. The molecule has 0 saturated heterocycles. The van der Waals surface area contributed by atoms with Gasteiger partial charge in [0.2, 0.25) is 0 Å². The zero-order chi connectivity index (χ0) is 11.7. The van der Waals surface area contributed by atoms with Crippen LogP contribution in [0.25, 0.3) is 0 Å². The maximum Gasteiger partial charge on any atom is 0.313 e. The van der Waals surface area contributed by atoms with Crippen LogP contribution in [0.4, 0.5) is 0 Å². The first-order chi connectivity index (χ1) is 8.31. The largest absolute Gasteiger partial charge is 0.469 e. The van der Waals surface area contributed by atoms with Crippen LogP contribution >= 0.6 is 0 Å². The molecular weight excluding hydrogens is 212 g/mol. The van der Waals surface area contributed by atoms with Gasteiger partial charge < -0.3 is 4.74 Å². The van der Waals surface area contributed by atoms with Gasteiger partial charge in [0.1, 0.15) is 0 Å². The minimum Gasteiger partial charge on any atom is -0.469 e. The summed E-state index contributed by atoms with van der Waals surface area (Å²) in [7, 11) is 1.53. The molecule has 2 atom stereocenters. The number of esters is 1. The fraction of sp³-hybridized carbons (Fsp3) is 0.533. The highest BCUT2D eigenvalue weighted by molar-refractivity contribution is 5.93. The van der Waals surface area contributed by atoms with E-state index in [0.717, 1.165) is 0 Å². The lowest BCUT2D eigenvalue weighted by Gasteiger charge is -2.27. The fourth-order valence-corrected chi connectivity index (χ4v) is 5.01. The molecule has 17 heavy (non-hydrogen) atoms. The topological polar surface area (TPSA) is 26.3 Å².